The molecule has 0 bridgehead atoms. The Balaban J connectivity index is 2.93. The van der Waals surface area contributed by atoms with E-state index in [9.17, 15) is 4.79 Å². The van der Waals surface area contributed by atoms with Crippen LogP contribution >= 0.6 is 11.6 Å². The third-order valence-electron chi connectivity index (χ3n) is 1.68. The topological polar surface area (TPSA) is 63.0 Å². The fraction of sp³-hybridized carbons (Fsp3) is 0.300. The number of nitriles is 1. The van der Waals surface area contributed by atoms with Crippen LogP contribution < -0.4 is 0 Å². The van der Waals surface area contributed by atoms with Crippen molar-refractivity contribution in [3.8, 4) is 6.07 Å². The SMILES string of the molecule is CCOC(=O)C(C#N)c1cccc(Cl)n1. The molecule has 0 spiro atoms. The summed E-state index contributed by atoms with van der Waals surface area (Å²) in [6.07, 6.45) is 0. The van der Waals surface area contributed by atoms with Crippen molar-refractivity contribution < 1.29 is 9.53 Å². The molecule has 0 fully saturated rings. The van der Waals surface area contributed by atoms with Gasteiger partial charge in [-0.05, 0) is 19.1 Å². The summed E-state index contributed by atoms with van der Waals surface area (Å²) in [4.78, 5) is 15.2. The Bertz CT molecular complexity index is 401. The first-order valence-electron chi connectivity index (χ1n) is 4.37. The van der Waals surface area contributed by atoms with Gasteiger partial charge in [-0.15, -0.1) is 0 Å². The summed E-state index contributed by atoms with van der Waals surface area (Å²) >= 11 is 5.66. The maximum atomic E-state index is 11.4. The van der Waals surface area contributed by atoms with Crippen molar-refractivity contribution >= 4 is 17.6 Å². The first-order chi connectivity index (χ1) is 7.19. The predicted molar refractivity (Wildman–Crippen MR) is 54.2 cm³/mol. The normalized spacial score (nSPS) is 11.5. The van der Waals surface area contributed by atoms with Gasteiger partial charge in [0.25, 0.3) is 0 Å². The highest BCUT2D eigenvalue weighted by Gasteiger charge is 2.22. The van der Waals surface area contributed by atoms with Gasteiger partial charge in [-0.1, -0.05) is 17.7 Å². The van der Waals surface area contributed by atoms with Crippen molar-refractivity contribution in [3.63, 3.8) is 0 Å². The summed E-state index contributed by atoms with van der Waals surface area (Å²) in [5.74, 6) is -1.61. The lowest BCUT2D eigenvalue weighted by Gasteiger charge is -2.07. The summed E-state index contributed by atoms with van der Waals surface area (Å²) in [7, 11) is 0. The fourth-order valence-electron chi connectivity index (χ4n) is 1.05. The monoisotopic (exact) mass is 224 g/mol. The van der Waals surface area contributed by atoms with Gasteiger partial charge in [0, 0.05) is 0 Å². The molecule has 0 aliphatic heterocycles. The lowest BCUT2D eigenvalue weighted by molar-refractivity contribution is -0.143. The number of rotatable bonds is 3. The molecule has 0 aromatic carbocycles. The zero-order valence-electron chi connectivity index (χ0n) is 8.11. The Kier molecular flexibility index (Phi) is 4.07. The van der Waals surface area contributed by atoms with Gasteiger partial charge in [0.05, 0.1) is 18.4 Å². The van der Waals surface area contributed by atoms with Crippen LogP contribution in [0.25, 0.3) is 0 Å². The Morgan fingerprint density at radius 2 is 2.47 bits per heavy atom. The second-order valence-electron chi connectivity index (χ2n) is 2.70. The predicted octanol–water partition coefficient (Wildman–Crippen LogP) is 1.91. The van der Waals surface area contributed by atoms with Gasteiger partial charge < -0.3 is 4.74 Å². The molecule has 4 nitrogen and oxygen atoms in total. The van der Waals surface area contributed by atoms with Crippen molar-refractivity contribution in [1.82, 2.24) is 4.98 Å². The number of aromatic nitrogens is 1. The largest absolute Gasteiger partial charge is 0.465 e. The highest BCUT2D eigenvalue weighted by Crippen LogP contribution is 2.16. The minimum absolute atomic E-state index is 0.234. The van der Waals surface area contributed by atoms with E-state index < -0.39 is 11.9 Å². The van der Waals surface area contributed by atoms with E-state index in [0.717, 1.165) is 0 Å². The molecule has 15 heavy (non-hydrogen) atoms. The van der Waals surface area contributed by atoms with Crippen LogP contribution in [0.4, 0.5) is 0 Å². The van der Waals surface area contributed by atoms with Gasteiger partial charge in [0.15, 0.2) is 5.92 Å². The van der Waals surface area contributed by atoms with E-state index in [4.69, 9.17) is 21.6 Å². The molecule has 5 heteroatoms. The number of nitrogens with zero attached hydrogens (tertiary/aromatic N) is 2. The van der Waals surface area contributed by atoms with Gasteiger partial charge in [-0.25, -0.2) is 4.98 Å². The van der Waals surface area contributed by atoms with Crippen molar-refractivity contribution in [2.45, 2.75) is 12.8 Å². The molecule has 0 aliphatic rings. The summed E-state index contributed by atoms with van der Waals surface area (Å²) in [5.41, 5.74) is 0.309. The Labute approximate surface area is 92.4 Å². The number of halogens is 1. The molecule has 0 radical (unpaired) electrons. The molecule has 0 N–H and O–H groups in total. The maximum absolute atomic E-state index is 11.4. The minimum Gasteiger partial charge on any atom is -0.465 e. The van der Waals surface area contributed by atoms with Crippen LogP contribution in [0.3, 0.4) is 0 Å². The molecule has 78 valence electrons. The first-order valence-corrected chi connectivity index (χ1v) is 4.75. The number of ether oxygens (including phenoxy) is 1. The number of hydrogen-bond donors (Lipinski definition) is 0. The standard InChI is InChI=1S/C10H9ClN2O2/c1-2-15-10(14)7(6-12)8-4-3-5-9(11)13-8/h3-5,7H,2H2,1H3. The number of carbonyl (C=O) groups is 1. The first kappa shape index (κ1) is 11.5. The molecular weight excluding hydrogens is 216 g/mol. The molecular formula is C10H9ClN2O2. The summed E-state index contributed by atoms with van der Waals surface area (Å²) in [5, 5.41) is 9.08. The van der Waals surface area contributed by atoms with Crippen LogP contribution in [0.1, 0.15) is 18.5 Å². The molecule has 1 aromatic heterocycles. The molecule has 0 aliphatic carbocycles. The number of pyridine rings is 1. The molecule has 1 unspecified atom stereocenters. The maximum Gasteiger partial charge on any atom is 0.329 e. The zero-order chi connectivity index (χ0) is 11.3. The van der Waals surface area contributed by atoms with Crippen molar-refractivity contribution in [2.24, 2.45) is 0 Å². The van der Waals surface area contributed by atoms with Crippen molar-refractivity contribution in [3.05, 3.63) is 29.0 Å². The molecule has 1 aromatic rings. The van der Waals surface area contributed by atoms with E-state index in [-0.39, 0.29) is 11.8 Å². The van der Waals surface area contributed by atoms with E-state index in [1.807, 2.05) is 6.07 Å². The number of esters is 1. The zero-order valence-corrected chi connectivity index (χ0v) is 8.86. The van der Waals surface area contributed by atoms with Crippen molar-refractivity contribution in [1.29, 1.82) is 5.26 Å². The summed E-state index contributed by atoms with van der Waals surface area (Å²) in [6.45, 7) is 1.91. The van der Waals surface area contributed by atoms with Crippen LogP contribution in [-0.4, -0.2) is 17.6 Å². The van der Waals surface area contributed by atoms with Gasteiger partial charge >= 0.3 is 5.97 Å². The number of carbonyl (C=O) groups excluding carboxylic acids is 1. The van der Waals surface area contributed by atoms with Gasteiger partial charge in [-0.2, -0.15) is 5.26 Å². The van der Waals surface area contributed by atoms with Crippen LogP contribution in [0.15, 0.2) is 18.2 Å². The van der Waals surface area contributed by atoms with Crippen LogP contribution in [0, 0.1) is 11.3 Å². The van der Waals surface area contributed by atoms with E-state index in [1.165, 1.54) is 0 Å². The third-order valence-corrected chi connectivity index (χ3v) is 1.89. The Hall–Kier alpha value is -1.60. The molecule has 1 heterocycles. The molecule has 1 atom stereocenters. The lowest BCUT2D eigenvalue weighted by atomic mass is 10.1. The fourth-order valence-corrected chi connectivity index (χ4v) is 1.22. The van der Waals surface area contributed by atoms with Crippen LogP contribution in [0.2, 0.25) is 5.15 Å². The average molecular weight is 225 g/mol. The van der Waals surface area contributed by atoms with Crippen LogP contribution in [0.5, 0.6) is 0 Å². The van der Waals surface area contributed by atoms with Crippen LogP contribution in [-0.2, 0) is 9.53 Å². The summed E-state index contributed by atoms with van der Waals surface area (Å²) in [6, 6.07) is 6.61. The van der Waals surface area contributed by atoms with E-state index in [0.29, 0.717) is 5.69 Å². The molecule has 0 saturated heterocycles. The van der Waals surface area contributed by atoms with Gasteiger partial charge in [0.1, 0.15) is 5.15 Å². The molecule has 0 amide bonds. The Morgan fingerprint density at radius 1 is 1.73 bits per heavy atom. The second kappa shape index (κ2) is 5.32. The highest BCUT2D eigenvalue weighted by molar-refractivity contribution is 6.29. The lowest BCUT2D eigenvalue weighted by Crippen LogP contribution is -2.15. The highest BCUT2D eigenvalue weighted by atomic mass is 35.5. The number of hydrogen-bond acceptors (Lipinski definition) is 4. The molecule has 0 saturated carbocycles. The third kappa shape index (κ3) is 2.93. The average Bonchev–Trinajstić information content (AvgIpc) is 2.19. The second-order valence-corrected chi connectivity index (χ2v) is 3.09. The summed E-state index contributed by atoms with van der Waals surface area (Å²) < 4.78 is 4.74. The van der Waals surface area contributed by atoms with Crippen molar-refractivity contribution in [2.75, 3.05) is 6.61 Å². The molecule has 1 rings (SSSR count). The van der Waals surface area contributed by atoms with Gasteiger partial charge in [-0.3, -0.25) is 4.79 Å². The minimum atomic E-state index is -1.01. The van der Waals surface area contributed by atoms with E-state index in [1.54, 1.807) is 25.1 Å². The van der Waals surface area contributed by atoms with E-state index in [2.05, 4.69) is 4.98 Å². The Morgan fingerprint density at radius 3 is 3.00 bits per heavy atom. The van der Waals surface area contributed by atoms with Gasteiger partial charge in [0.2, 0.25) is 0 Å². The quantitative estimate of drug-likeness (QED) is 0.581. The van der Waals surface area contributed by atoms with E-state index >= 15 is 0 Å². The smallest absolute Gasteiger partial charge is 0.329 e.